The lowest BCUT2D eigenvalue weighted by Gasteiger charge is -2.34. The smallest absolute Gasteiger partial charge is 0.255 e. The molecule has 3 rings (SSSR count). The molecule has 1 fully saturated rings. The Kier molecular flexibility index (Phi) is 6.68. The van der Waals surface area contributed by atoms with E-state index < -0.39 is 10.0 Å². The minimum absolute atomic E-state index is 0.235. The Morgan fingerprint density at radius 3 is 2.20 bits per heavy atom. The van der Waals surface area contributed by atoms with Crippen LogP contribution in [-0.4, -0.2) is 31.7 Å². The predicted molar refractivity (Wildman–Crippen MR) is 121 cm³/mol. The molecule has 0 bridgehead atoms. The monoisotopic (exact) mass is 428 g/mol. The number of carbonyl (C=O) groups is 1. The Labute approximate surface area is 180 Å². The molecule has 1 aliphatic rings. The van der Waals surface area contributed by atoms with Crippen molar-refractivity contribution in [1.29, 1.82) is 0 Å². The van der Waals surface area contributed by atoms with Crippen molar-refractivity contribution in [2.75, 3.05) is 18.4 Å². The highest BCUT2D eigenvalue weighted by atomic mass is 32.2. The van der Waals surface area contributed by atoms with Gasteiger partial charge in [-0.25, -0.2) is 8.42 Å². The summed E-state index contributed by atoms with van der Waals surface area (Å²) in [5.74, 6) is 0.730. The van der Waals surface area contributed by atoms with E-state index in [1.54, 1.807) is 16.4 Å². The van der Waals surface area contributed by atoms with Crippen LogP contribution in [0.4, 0.5) is 5.69 Å². The fraction of sp³-hybridized carbons (Fsp3) is 0.458. The molecule has 6 heteroatoms. The Balaban J connectivity index is 1.80. The van der Waals surface area contributed by atoms with Crippen molar-refractivity contribution >= 4 is 21.6 Å². The van der Waals surface area contributed by atoms with Crippen LogP contribution in [0.25, 0.3) is 0 Å². The van der Waals surface area contributed by atoms with Gasteiger partial charge < -0.3 is 5.32 Å². The van der Waals surface area contributed by atoms with Crippen LogP contribution in [-0.2, 0) is 10.0 Å². The van der Waals surface area contributed by atoms with Crippen LogP contribution >= 0.6 is 0 Å². The van der Waals surface area contributed by atoms with Gasteiger partial charge in [-0.1, -0.05) is 45.9 Å². The quantitative estimate of drug-likeness (QED) is 0.726. The first kappa shape index (κ1) is 22.5. The molecule has 0 saturated carbocycles. The molecule has 0 spiro atoms. The minimum Gasteiger partial charge on any atom is -0.321 e. The molecule has 162 valence electrons. The average molecular weight is 429 g/mol. The van der Waals surface area contributed by atoms with Crippen molar-refractivity contribution in [3.05, 3.63) is 59.2 Å². The van der Waals surface area contributed by atoms with Gasteiger partial charge in [-0.05, 0) is 66.5 Å². The molecule has 2 atom stereocenters. The number of carbonyl (C=O) groups excluding carboxylic acids is 1. The lowest BCUT2D eigenvalue weighted by Crippen LogP contribution is -2.42. The fourth-order valence-electron chi connectivity index (χ4n) is 4.26. The van der Waals surface area contributed by atoms with Gasteiger partial charge in [-0.15, -0.1) is 0 Å². The van der Waals surface area contributed by atoms with Crippen LogP contribution in [0.5, 0.6) is 0 Å². The largest absolute Gasteiger partial charge is 0.321 e. The number of amides is 1. The summed E-state index contributed by atoms with van der Waals surface area (Å²) in [6.45, 7) is 11.4. The second kappa shape index (κ2) is 8.90. The number of rotatable bonds is 5. The van der Waals surface area contributed by atoms with Crippen LogP contribution in [0.3, 0.4) is 0 Å². The highest BCUT2D eigenvalue weighted by Crippen LogP contribution is 2.29. The van der Waals surface area contributed by atoms with Gasteiger partial charge in [0.2, 0.25) is 10.0 Å². The number of hydrogen-bond acceptors (Lipinski definition) is 3. The average Bonchev–Trinajstić information content (AvgIpc) is 2.68. The summed E-state index contributed by atoms with van der Waals surface area (Å²) in [6.07, 6.45) is 1.04. The highest BCUT2D eigenvalue weighted by molar-refractivity contribution is 7.89. The minimum atomic E-state index is -3.55. The van der Waals surface area contributed by atoms with E-state index in [0.717, 1.165) is 23.2 Å². The Morgan fingerprint density at radius 2 is 1.63 bits per heavy atom. The number of benzene rings is 2. The molecule has 0 unspecified atom stereocenters. The van der Waals surface area contributed by atoms with Gasteiger partial charge in [0.1, 0.15) is 0 Å². The number of nitrogens with one attached hydrogen (secondary N) is 1. The van der Waals surface area contributed by atoms with Crippen LogP contribution in [0.15, 0.2) is 47.4 Å². The van der Waals surface area contributed by atoms with Crippen molar-refractivity contribution in [3.63, 3.8) is 0 Å². The summed E-state index contributed by atoms with van der Waals surface area (Å²) in [7, 11) is -3.55. The van der Waals surface area contributed by atoms with E-state index in [-0.39, 0.29) is 16.7 Å². The van der Waals surface area contributed by atoms with Gasteiger partial charge in [-0.2, -0.15) is 4.31 Å². The molecular weight excluding hydrogens is 396 g/mol. The zero-order valence-electron chi connectivity index (χ0n) is 18.5. The SMILES string of the molecule is Cc1cccc(C(C)C)c1NC(=O)c1ccc(S(=O)(=O)N2C[C@@H](C)C[C@H](C)C2)cc1. The molecule has 1 saturated heterocycles. The first-order chi connectivity index (χ1) is 14.1. The Bertz CT molecular complexity index is 1000. The number of sulfonamides is 1. The van der Waals surface area contributed by atoms with Crippen LogP contribution in [0, 0.1) is 18.8 Å². The first-order valence-corrected chi connectivity index (χ1v) is 12.0. The molecule has 2 aromatic carbocycles. The van der Waals surface area contributed by atoms with E-state index in [9.17, 15) is 13.2 Å². The van der Waals surface area contributed by atoms with E-state index in [2.05, 4.69) is 33.0 Å². The molecular formula is C24H32N2O3S. The highest BCUT2D eigenvalue weighted by Gasteiger charge is 2.31. The van der Waals surface area contributed by atoms with Crippen molar-refractivity contribution in [3.8, 4) is 0 Å². The van der Waals surface area contributed by atoms with Crippen LogP contribution in [0.2, 0.25) is 0 Å². The Morgan fingerprint density at radius 1 is 1.03 bits per heavy atom. The molecule has 0 radical (unpaired) electrons. The number of anilines is 1. The van der Waals surface area contributed by atoms with E-state index in [0.29, 0.717) is 30.5 Å². The number of aryl methyl sites for hydroxylation is 1. The van der Waals surface area contributed by atoms with Gasteiger partial charge in [0, 0.05) is 24.3 Å². The molecule has 2 aromatic rings. The second-order valence-electron chi connectivity index (χ2n) is 8.94. The third-order valence-electron chi connectivity index (χ3n) is 5.76. The fourth-order valence-corrected chi connectivity index (χ4v) is 5.94. The lowest BCUT2D eigenvalue weighted by atomic mass is 9.94. The molecule has 5 nitrogen and oxygen atoms in total. The molecule has 30 heavy (non-hydrogen) atoms. The number of hydrogen-bond donors (Lipinski definition) is 1. The van der Waals surface area contributed by atoms with Crippen molar-refractivity contribution < 1.29 is 13.2 Å². The Hall–Kier alpha value is -2.18. The number of piperidine rings is 1. The summed E-state index contributed by atoms with van der Waals surface area (Å²) in [6, 6.07) is 12.2. The van der Waals surface area contributed by atoms with Gasteiger partial charge in [-0.3, -0.25) is 4.79 Å². The van der Waals surface area contributed by atoms with Crippen molar-refractivity contribution in [1.82, 2.24) is 4.31 Å². The van der Waals surface area contributed by atoms with Gasteiger partial charge in [0.25, 0.3) is 5.91 Å². The number of nitrogens with zero attached hydrogens (tertiary/aromatic N) is 1. The predicted octanol–water partition coefficient (Wildman–Crippen LogP) is 5.04. The van der Waals surface area contributed by atoms with E-state index in [1.807, 2.05) is 25.1 Å². The molecule has 0 aliphatic carbocycles. The summed E-state index contributed by atoms with van der Waals surface area (Å²) in [4.78, 5) is 13.1. The molecule has 1 N–H and O–H groups in total. The standard InChI is InChI=1S/C24H32N2O3S/c1-16(2)22-8-6-7-19(5)23(22)25-24(27)20-9-11-21(12-10-20)30(28,29)26-14-17(3)13-18(4)15-26/h6-12,16-18H,13-15H2,1-5H3,(H,25,27)/t17-,18-/m0/s1. The van der Waals surface area contributed by atoms with Gasteiger partial charge in [0.15, 0.2) is 0 Å². The summed E-state index contributed by atoms with van der Waals surface area (Å²) in [5, 5.41) is 3.01. The van der Waals surface area contributed by atoms with Gasteiger partial charge in [0.05, 0.1) is 4.90 Å². The maximum atomic E-state index is 13.0. The summed E-state index contributed by atoms with van der Waals surface area (Å²) >= 11 is 0. The molecule has 1 amide bonds. The first-order valence-electron chi connectivity index (χ1n) is 10.6. The molecule has 1 heterocycles. The zero-order chi connectivity index (χ0) is 22.1. The lowest BCUT2D eigenvalue weighted by molar-refractivity contribution is 0.102. The topological polar surface area (TPSA) is 66.5 Å². The second-order valence-corrected chi connectivity index (χ2v) is 10.9. The summed E-state index contributed by atoms with van der Waals surface area (Å²) in [5.41, 5.74) is 3.34. The maximum absolute atomic E-state index is 13.0. The van der Waals surface area contributed by atoms with Crippen LogP contribution in [0.1, 0.15) is 61.5 Å². The zero-order valence-corrected chi connectivity index (χ0v) is 19.3. The van der Waals surface area contributed by atoms with E-state index in [1.165, 1.54) is 12.1 Å². The van der Waals surface area contributed by atoms with Gasteiger partial charge >= 0.3 is 0 Å². The maximum Gasteiger partial charge on any atom is 0.255 e. The summed E-state index contributed by atoms with van der Waals surface area (Å²) < 4.78 is 27.7. The third kappa shape index (κ3) is 4.76. The third-order valence-corrected chi connectivity index (χ3v) is 7.60. The normalized spacial score (nSPS) is 20.3. The number of para-hydroxylation sites is 1. The molecule has 0 aromatic heterocycles. The molecule has 1 aliphatic heterocycles. The van der Waals surface area contributed by atoms with Crippen molar-refractivity contribution in [2.45, 2.75) is 51.9 Å². The van der Waals surface area contributed by atoms with Crippen molar-refractivity contribution in [2.24, 2.45) is 11.8 Å². The van der Waals surface area contributed by atoms with Crippen LogP contribution < -0.4 is 5.32 Å². The van der Waals surface area contributed by atoms with E-state index >= 15 is 0 Å². The van der Waals surface area contributed by atoms with E-state index in [4.69, 9.17) is 0 Å².